The Morgan fingerprint density at radius 1 is 1.77 bits per heavy atom. The Morgan fingerprint density at radius 3 is 2.85 bits per heavy atom. The zero-order valence-electron chi connectivity index (χ0n) is 6.43. The molecular weight excluding hydrogens is 210 g/mol. The molecule has 0 amide bonds. The van der Waals surface area contributed by atoms with E-state index in [0.717, 1.165) is 11.3 Å². The highest BCUT2D eigenvalue weighted by atomic mass is 32.1. The maximum Gasteiger partial charge on any atom is 0.345 e. The minimum atomic E-state index is -0.961. The average molecular weight is 217 g/mol. The number of nitrogens with zero attached hydrogens (tertiary/aromatic N) is 1. The molecule has 0 aliphatic carbocycles. The highest BCUT2D eigenvalue weighted by molar-refractivity contribution is 7.79. The lowest BCUT2D eigenvalue weighted by atomic mass is 10.5. The Kier molecular flexibility index (Phi) is 3.32. The number of thiocarbonyl (C=S) groups is 1. The average Bonchev–Trinajstić information content (AvgIpc) is 2.56. The van der Waals surface area contributed by atoms with E-state index in [1.165, 1.54) is 16.6 Å². The zero-order chi connectivity index (χ0) is 9.84. The SMILES string of the molecule is NNN(C=S)c1ccc(C(=O)O)s1. The molecule has 0 saturated carbocycles. The number of hydrogen-bond acceptors (Lipinski definition) is 5. The number of carboxylic acid groups (broad SMARTS) is 1. The van der Waals surface area contributed by atoms with Gasteiger partial charge in [-0.25, -0.2) is 4.79 Å². The highest BCUT2D eigenvalue weighted by Gasteiger charge is 2.09. The fraction of sp³-hybridized carbons (Fsp3) is 0. The number of aromatic carboxylic acids is 1. The van der Waals surface area contributed by atoms with E-state index in [-0.39, 0.29) is 4.88 Å². The maximum absolute atomic E-state index is 10.5. The number of hydrogen-bond donors (Lipinski definition) is 3. The van der Waals surface area contributed by atoms with E-state index in [9.17, 15) is 4.79 Å². The first kappa shape index (κ1) is 10.1. The van der Waals surface area contributed by atoms with Crippen molar-refractivity contribution >= 4 is 40.0 Å². The molecule has 0 aliphatic heterocycles. The predicted octanol–water partition coefficient (Wildman–Crippen LogP) is 0.588. The molecule has 0 aromatic carbocycles. The van der Waals surface area contributed by atoms with Crippen LogP contribution in [0.3, 0.4) is 0 Å². The monoisotopic (exact) mass is 217 g/mol. The summed E-state index contributed by atoms with van der Waals surface area (Å²) in [5.41, 5.74) is 3.60. The van der Waals surface area contributed by atoms with Gasteiger partial charge in [-0.05, 0) is 12.1 Å². The summed E-state index contributed by atoms with van der Waals surface area (Å²) in [7, 11) is 0. The van der Waals surface area contributed by atoms with Crippen molar-refractivity contribution in [3.8, 4) is 0 Å². The minimum absolute atomic E-state index is 0.243. The predicted molar refractivity (Wildman–Crippen MR) is 54.7 cm³/mol. The molecule has 0 unspecified atom stereocenters. The molecule has 7 heteroatoms. The second kappa shape index (κ2) is 4.28. The number of rotatable bonds is 4. The van der Waals surface area contributed by atoms with Crippen molar-refractivity contribution < 1.29 is 9.90 Å². The fourth-order valence-corrected chi connectivity index (χ4v) is 1.75. The molecule has 1 aromatic rings. The standard InChI is InChI=1S/C6H7N3O2S2/c7-8-9(3-12)5-2-1-4(13-5)6(10)11/h1-3,8H,7H2,(H,10,11). The molecule has 0 saturated heterocycles. The van der Waals surface area contributed by atoms with Gasteiger partial charge in [0.05, 0.1) is 5.49 Å². The van der Waals surface area contributed by atoms with Gasteiger partial charge >= 0.3 is 5.97 Å². The van der Waals surface area contributed by atoms with Gasteiger partial charge in [-0.2, -0.15) is 5.53 Å². The largest absolute Gasteiger partial charge is 0.477 e. The van der Waals surface area contributed by atoms with Crippen LogP contribution in [0.15, 0.2) is 12.1 Å². The van der Waals surface area contributed by atoms with Crippen molar-refractivity contribution in [2.75, 3.05) is 5.01 Å². The van der Waals surface area contributed by atoms with Crippen LogP contribution in [0.2, 0.25) is 0 Å². The lowest BCUT2D eigenvalue weighted by molar-refractivity contribution is 0.0702. The van der Waals surface area contributed by atoms with Crippen molar-refractivity contribution in [2.45, 2.75) is 0 Å². The smallest absolute Gasteiger partial charge is 0.345 e. The van der Waals surface area contributed by atoms with Crippen molar-refractivity contribution in [3.63, 3.8) is 0 Å². The third-order valence-electron chi connectivity index (χ3n) is 1.28. The van der Waals surface area contributed by atoms with Gasteiger partial charge < -0.3 is 5.11 Å². The molecule has 1 aromatic heterocycles. The summed E-state index contributed by atoms with van der Waals surface area (Å²) in [4.78, 5) is 10.8. The Morgan fingerprint density at radius 2 is 2.46 bits per heavy atom. The molecule has 1 rings (SSSR count). The summed E-state index contributed by atoms with van der Waals surface area (Å²) < 4.78 is 0. The quantitative estimate of drug-likeness (QED) is 0.389. The van der Waals surface area contributed by atoms with Crippen LogP contribution in [-0.4, -0.2) is 16.6 Å². The summed E-state index contributed by atoms with van der Waals surface area (Å²) in [5.74, 6) is 4.18. The Bertz CT molecular complexity index is 325. The number of anilines is 1. The molecule has 0 atom stereocenters. The van der Waals surface area contributed by atoms with Crippen LogP contribution in [0.5, 0.6) is 0 Å². The van der Waals surface area contributed by atoms with Crippen LogP contribution in [0.25, 0.3) is 0 Å². The molecule has 1 heterocycles. The maximum atomic E-state index is 10.5. The molecule has 0 radical (unpaired) electrons. The van der Waals surface area contributed by atoms with Gasteiger partial charge in [-0.1, -0.05) is 12.2 Å². The number of carboxylic acids is 1. The van der Waals surface area contributed by atoms with Gasteiger partial charge in [0.2, 0.25) is 0 Å². The van der Waals surface area contributed by atoms with Gasteiger partial charge in [0.25, 0.3) is 0 Å². The van der Waals surface area contributed by atoms with Gasteiger partial charge in [0.15, 0.2) is 0 Å². The summed E-state index contributed by atoms with van der Waals surface area (Å²) in [6.45, 7) is 0. The molecule has 0 aliphatic rings. The minimum Gasteiger partial charge on any atom is -0.477 e. The number of hydrazine groups is 2. The first-order valence-corrected chi connectivity index (χ1v) is 4.51. The van der Waals surface area contributed by atoms with E-state index in [0.29, 0.717) is 5.00 Å². The van der Waals surface area contributed by atoms with Crippen LogP contribution in [0.1, 0.15) is 9.67 Å². The summed E-state index contributed by atoms with van der Waals surface area (Å²) in [6.07, 6.45) is 0. The Labute approximate surface area is 83.7 Å². The first-order chi connectivity index (χ1) is 6.19. The highest BCUT2D eigenvalue weighted by Crippen LogP contribution is 2.23. The molecule has 70 valence electrons. The van der Waals surface area contributed by atoms with Crippen LogP contribution < -0.4 is 16.4 Å². The van der Waals surface area contributed by atoms with Crippen LogP contribution in [0, 0.1) is 0 Å². The van der Waals surface area contributed by atoms with Gasteiger partial charge in [-0.3, -0.25) is 10.9 Å². The van der Waals surface area contributed by atoms with Gasteiger partial charge in [-0.15, -0.1) is 11.3 Å². The lowest BCUT2D eigenvalue weighted by Gasteiger charge is -2.13. The third kappa shape index (κ3) is 2.22. The normalized spacial score (nSPS) is 9.62. The molecule has 4 N–H and O–H groups in total. The molecule has 13 heavy (non-hydrogen) atoms. The lowest BCUT2D eigenvalue weighted by Crippen LogP contribution is -2.41. The van der Waals surface area contributed by atoms with Crippen molar-refractivity contribution in [2.24, 2.45) is 5.84 Å². The van der Waals surface area contributed by atoms with E-state index in [4.69, 9.17) is 10.9 Å². The molecule has 0 fully saturated rings. The fourth-order valence-electron chi connectivity index (χ4n) is 0.718. The summed E-state index contributed by atoms with van der Waals surface area (Å²) in [6, 6.07) is 3.11. The van der Waals surface area contributed by atoms with Crippen molar-refractivity contribution in [3.05, 3.63) is 17.0 Å². The van der Waals surface area contributed by atoms with E-state index in [1.54, 1.807) is 6.07 Å². The topological polar surface area (TPSA) is 78.6 Å². The van der Waals surface area contributed by atoms with Crippen LogP contribution >= 0.6 is 23.6 Å². The number of nitrogens with two attached hydrogens (primary N) is 1. The van der Waals surface area contributed by atoms with E-state index in [1.807, 2.05) is 0 Å². The zero-order valence-corrected chi connectivity index (χ0v) is 8.06. The Hall–Kier alpha value is -1.02. The number of nitrogens with one attached hydrogen (secondary N) is 1. The van der Waals surface area contributed by atoms with Gasteiger partial charge in [0, 0.05) is 0 Å². The summed E-state index contributed by atoms with van der Waals surface area (Å²) in [5, 5.41) is 10.6. The molecule has 0 spiro atoms. The number of thiophene rings is 1. The van der Waals surface area contributed by atoms with E-state index < -0.39 is 5.97 Å². The van der Waals surface area contributed by atoms with E-state index >= 15 is 0 Å². The molecule has 5 nitrogen and oxygen atoms in total. The third-order valence-corrected chi connectivity index (χ3v) is 2.57. The van der Waals surface area contributed by atoms with Crippen LogP contribution in [-0.2, 0) is 0 Å². The van der Waals surface area contributed by atoms with E-state index in [2.05, 4.69) is 17.8 Å². The van der Waals surface area contributed by atoms with Crippen molar-refractivity contribution in [1.82, 2.24) is 5.53 Å². The first-order valence-electron chi connectivity index (χ1n) is 3.23. The van der Waals surface area contributed by atoms with Gasteiger partial charge in [0.1, 0.15) is 9.88 Å². The molecular formula is C6H7N3O2S2. The van der Waals surface area contributed by atoms with Crippen LogP contribution in [0.4, 0.5) is 5.00 Å². The molecule has 0 bridgehead atoms. The second-order valence-corrected chi connectivity index (χ2v) is 3.32. The summed E-state index contributed by atoms with van der Waals surface area (Å²) >= 11 is 5.73. The Balaban J connectivity index is 2.90. The van der Waals surface area contributed by atoms with Crippen molar-refractivity contribution in [1.29, 1.82) is 0 Å². The number of carbonyl (C=O) groups is 1. The second-order valence-electron chi connectivity index (χ2n) is 2.05.